The molecule has 0 saturated heterocycles. The van der Waals surface area contributed by atoms with Crippen molar-refractivity contribution in [1.29, 1.82) is 0 Å². The van der Waals surface area contributed by atoms with E-state index in [-0.39, 0.29) is 17.5 Å². The van der Waals surface area contributed by atoms with Crippen molar-refractivity contribution in [2.24, 2.45) is 0 Å². The summed E-state index contributed by atoms with van der Waals surface area (Å²) in [5, 5.41) is 21.7. The number of phenols is 2. The van der Waals surface area contributed by atoms with Gasteiger partial charge in [-0.25, -0.2) is 0 Å². The minimum absolute atomic E-state index is 0.0103. The van der Waals surface area contributed by atoms with E-state index in [0.717, 1.165) is 18.4 Å². The maximum Gasteiger partial charge on any atom is 0.413 e. The zero-order valence-corrected chi connectivity index (χ0v) is 19.0. The van der Waals surface area contributed by atoms with Gasteiger partial charge in [0.25, 0.3) is 0 Å². The topological polar surface area (TPSA) is 83.8 Å². The average molecular weight is 473 g/mol. The molecule has 0 spiro atoms. The molecule has 0 saturated carbocycles. The van der Waals surface area contributed by atoms with Gasteiger partial charge in [-0.15, -0.1) is 0 Å². The summed E-state index contributed by atoms with van der Waals surface area (Å²) in [5.74, 6) is -1.25. The SMILES string of the molecule is C=C(C)c1ccc(C)cc1-c1c(O)cc(CCCCC)c(S(=O)(=O)OCC(F)(F)F)c1O. The Morgan fingerprint density at radius 2 is 1.81 bits per heavy atom. The second kappa shape index (κ2) is 9.95. The molecule has 176 valence electrons. The molecule has 0 aliphatic rings. The molecule has 5 nitrogen and oxygen atoms in total. The third kappa shape index (κ3) is 6.04. The van der Waals surface area contributed by atoms with Gasteiger partial charge in [-0.05, 0) is 49.4 Å². The summed E-state index contributed by atoms with van der Waals surface area (Å²) in [6, 6.07) is 6.28. The van der Waals surface area contributed by atoms with E-state index in [4.69, 9.17) is 0 Å². The number of benzene rings is 2. The number of phenolic OH excluding ortho intramolecular Hbond substituents is 2. The number of unbranched alkanes of at least 4 members (excludes halogenated alkanes) is 2. The van der Waals surface area contributed by atoms with Crippen LogP contribution in [0.15, 0.2) is 35.7 Å². The highest BCUT2D eigenvalue weighted by molar-refractivity contribution is 7.87. The summed E-state index contributed by atoms with van der Waals surface area (Å²) in [7, 11) is -4.99. The first-order valence-electron chi connectivity index (χ1n) is 10.1. The van der Waals surface area contributed by atoms with Gasteiger partial charge < -0.3 is 10.2 Å². The molecule has 0 heterocycles. The van der Waals surface area contributed by atoms with E-state index < -0.39 is 39.3 Å². The molecular formula is C23H27F3O5S. The van der Waals surface area contributed by atoms with Gasteiger partial charge in [-0.1, -0.05) is 55.7 Å². The molecule has 9 heteroatoms. The highest BCUT2D eigenvalue weighted by Gasteiger charge is 2.35. The quantitative estimate of drug-likeness (QED) is 0.340. The summed E-state index contributed by atoms with van der Waals surface area (Å²) >= 11 is 0. The lowest BCUT2D eigenvalue weighted by atomic mass is 9.91. The van der Waals surface area contributed by atoms with Crippen molar-refractivity contribution in [3.05, 3.63) is 47.5 Å². The summed E-state index contributed by atoms with van der Waals surface area (Å²) < 4.78 is 67.7. The van der Waals surface area contributed by atoms with Crippen molar-refractivity contribution in [2.75, 3.05) is 6.61 Å². The highest BCUT2D eigenvalue weighted by atomic mass is 32.2. The Kier molecular flexibility index (Phi) is 8.01. The zero-order chi connectivity index (χ0) is 24.3. The molecule has 0 unspecified atom stereocenters. The van der Waals surface area contributed by atoms with Crippen LogP contribution in [0.25, 0.3) is 16.7 Å². The predicted octanol–water partition coefficient (Wildman–Crippen LogP) is 6.11. The van der Waals surface area contributed by atoms with Crippen LogP contribution in [0.5, 0.6) is 11.5 Å². The van der Waals surface area contributed by atoms with Crippen LogP contribution in [0.1, 0.15) is 49.8 Å². The van der Waals surface area contributed by atoms with Crippen LogP contribution in [-0.2, 0) is 20.7 Å². The number of rotatable bonds is 9. The first-order valence-corrected chi connectivity index (χ1v) is 11.5. The van der Waals surface area contributed by atoms with Gasteiger partial charge in [-0.3, -0.25) is 4.18 Å². The van der Waals surface area contributed by atoms with Crippen LogP contribution >= 0.6 is 0 Å². The third-order valence-electron chi connectivity index (χ3n) is 4.89. The molecule has 2 rings (SSSR count). The lowest BCUT2D eigenvalue weighted by Gasteiger charge is -2.19. The third-order valence-corrected chi connectivity index (χ3v) is 6.28. The number of aryl methyl sites for hydroxylation is 2. The van der Waals surface area contributed by atoms with Crippen molar-refractivity contribution in [3.63, 3.8) is 0 Å². The average Bonchev–Trinajstić information content (AvgIpc) is 2.65. The Balaban J connectivity index is 2.79. The Hall–Kier alpha value is -2.52. The fourth-order valence-electron chi connectivity index (χ4n) is 3.43. The van der Waals surface area contributed by atoms with Crippen LogP contribution in [0.4, 0.5) is 13.2 Å². The predicted molar refractivity (Wildman–Crippen MR) is 117 cm³/mol. The van der Waals surface area contributed by atoms with Crippen LogP contribution in [0.2, 0.25) is 0 Å². The van der Waals surface area contributed by atoms with Crippen molar-refractivity contribution in [2.45, 2.75) is 57.5 Å². The van der Waals surface area contributed by atoms with Crippen molar-refractivity contribution >= 4 is 15.7 Å². The molecule has 0 bridgehead atoms. The van der Waals surface area contributed by atoms with Gasteiger partial charge in [0.2, 0.25) is 0 Å². The largest absolute Gasteiger partial charge is 0.507 e. The molecule has 0 radical (unpaired) electrons. The van der Waals surface area contributed by atoms with Gasteiger partial charge in [0, 0.05) is 0 Å². The Bertz CT molecular complexity index is 1110. The number of aromatic hydroxyl groups is 2. The fourth-order valence-corrected chi connectivity index (χ4v) is 4.65. The smallest absolute Gasteiger partial charge is 0.413 e. The molecular weight excluding hydrogens is 445 g/mol. The summed E-state index contributed by atoms with van der Waals surface area (Å²) in [4.78, 5) is -0.764. The van der Waals surface area contributed by atoms with Crippen LogP contribution in [0.3, 0.4) is 0 Å². The van der Waals surface area contributed by atoms with E-state index >= 15 is 0 Å². The first-order chi connectivity index (χ1) is 14.8. The van der Waals surface area contributed by atoms with Crippen LogP contribution in [-0.4, -0.2) is 31.4 Å². The normalized spacial score (nSPS) is 12.2. The number of hydrogen-bond acceptors (Lipinski definition) is 5. The minimum Gasteiger partial charge on any atom is -0.507 e. The van der Waals surface area contributed by atoms with Crippen LogP contribution < -0.4 is 0 Å². The molecule has 2 aromatic rings. The van der Waals surface area contributed by atoms with Gasteiger partial charge in [0.05, 0.1) is 5.56 Å². The lowest BCUT2D eigenvalue weighted by Crippen LogP contribution is -2.21. The van der Waals surface area contributed by atoms with Gasteiger partial charge >= 0.3 is 16.3 Å². The first kappa shape index (κ1) is 25.7. The maximum absolute atomic E-state index is 12.8. The second-order valence-corrected chi connectivity index (χ2v) is 9.28. The summed E-state index contributed by atoms with van der Waals surface area (Å²) in [6.45, 7) is 7.23. The Morgan fingerprint density at radius 1 is 1.16 bits per heavy atom. The minimum atomic E-state index is -4.99. The molecule has 0 fully saturated rings. The monoisotopic (exact) mass is 472 g/mol. The number of halogens is 3. The molecule has 0 atom stereocenters. The van der Waals surface area contributed by atoms with E-state index in [2.05, 4.69) is 10.8 Å². The second-order valence-electron chi connectivity index (χ2n) is 7.73. The van der Waals surface area contributed by atoms with Crippen LogP contribution in [0, 0.1) is 6.92 Å². The summed E-state index contributed by atoms with van der Waals surface area (Å²) in [5.41, 5.74) is 1.97. The van der Waals surface area contributed by atoms with Gasteiger partial charge in [-0.2, -0.15) is 21.6 Å². The van der Waals surface area contributed by atoms with Crippen molar-refractivity contribution in [1.82, 2.24) is 0 Å². The lowest BCUT2D eigenvalue weighted by molar-refractivity contribution is -0.152. The number of allylic oxidation sites excluding steroid dienone is 1. The maximum atomic E-state index is 12.8. The van der Waals surface area contributed by atoms with E-state index in [1.165, 1.54) is 6.07 Å². The molecule has 2 aromatic carbocycles. The molecule has 32 heavy (non-hydrogen) atoms. The van der Waals surface area contributed by atoms with Crippen molar-refractivity contribution in [3.8, 4) is 22.6 Å². The van der Waals surface area contributed by atoms with E-state index in [1.54, 1.807) is 32.0 Å². The molecule has 0 aliphatic carbocycles. The van der Waals surface area contributed by atoms with E-state index in [9.17, 15) is 31.8 Å². The molecule has 2 N–H and O–H groups in total. The van der Waals surface area contributed by atoms with Crippen molar-refractivity contribution < 1.29 is 36.0 Å². The number of hydrogen-bond donors (Lipinski definition) is 2. The number of alkyl halides is 3. The standard InChI is InChI=1S/C23H27F3O5S/c1-5-6-7-8-16-12-19(27)20(18-11-15(4)9-10-17(18)14(2)3)21(28)22(16)32(29,30)31-13-23(24,25)26/h9-12,27-28H,2,5-8,13H2,1,3-4H3. The van der Waals surface area contributed by atoms with E-state index in [1.807, 2.05) is 6.92 Å². The van der Waals surface area contributed by atoms with E-state index in [0.29, 0.717) is 23.1 Å². The fraction of sp³-hybridized carbons (Fsp3) is 0.391. The van der Waals surface area contributed by atoms with Gasteiger partial charge in [0.1, 0.15) is 16.4 Å². The molecule has 0 amide bonds. The zero-order valence-electron chi connectivity index (χ0n) is 18.2. The molecule has 0 aliphatic heterocycles. The Labute approximate surface area is 186 Å². The molecule has 0 aromatic heterocycles. The van der Waals surface area contributed by atoms with Gasteiger partial charge in [0.15, 0.2) is 6.61 Å². The highest BCUT2D eigenvalue weighted by Crippen LogP contribution is 2.46. The Morgan fingerprint density at radius 3 is 2.38 bits per heavy atom. The summed E-state index contributed by atoms with van der Waals surface area (Å²) in [6.07, 6.45) is -2.70.